The molecule has 0 saturated carbocycles. The van der Waals surface area contributed by atoms with E-state index in [-0.39, 0.29) is 16.5 Å². The Morgan fingerprint density at radius 2 is 1.81 bits per heavy atom. The molecule has 0 radical (unpaired) electrons. The number of hydrogen-bond donors (Lipinski definition) is 1. The lowest BCUT2D eigenvalue weighted by Crippen LogP contribution is -2.46. The molecule has 0 bridgehead atoms. The third-order valence-electron chi connectivity index (χ3n) is 5.94. The summed E-state index contributed by atoms with van der Waals surface area (Å²) in [7, 11) is 0. The number of thiophene rings is 1. The molecule has 0 unspecified atom stereocenters. The van der Waals surface area contributed by atoms with Crippen molar-refractivity contribution in [1.82, 2.24) is 19.9 Å². The fraction of sp³-hybridized carbons (Fsp3) is 0.318. The van der Waals surface area contributed by atoms with Crippen molar-refractivity contribution in [3.63, 3.8) is 0 Å². The molecule has 0 atom stereocenters. The van der Waals surface area contributed by atoms with Gasteiger partial charge in [0.1, 0.15) is 27.8 Å². The van der Waals surface area contributed by atoms with Gasteiger partial charge in [0.05, 0.1) is 23.0 Å². The van der Waals surface area contributed by atoms with Gasteiger partial charge in [-0.05, 0) is 37.6 Å². The normalized spacial score (nSPS) is 15.3. The van der Waals surface area contributed by atoms with E-state index in [0.29, 0.717) is 49.6 Å². The number of piperazine rings is 1. The van der Waals surface area contributed by atoms with Gasteiger partial charge in [0.25, 0.3) is 5.56 Å². The van der Waals surface area contributed by atoms with Crippen LogP contribution in [0.5, 0.6) is 0 Å². The largest absolute Gasteiger partial charge is 0.368 e. The molecule has 1 aliphatic heterocycles. The molecule has 1 fully saturated rings. The smallest absolute Gasteiger partial charge is 0.259 e. The van der Waals surface area contributed by atoms with E-state index in [4.69, 9.17) is 0 Å². The van der Waals surface area contributed by atoms with Crippen LogP contribution in [-0.4, -0.2) is 46.0 Å². The van der Waals surface area contributed by atoms with Crippen LogP contribution in [0.25, 0.3) is 21.1 Å². The van der Waals surface area contributed by atoms with E-state index < -0.39 is 11.6 Å². The van der Waals surface area contributed by atoms with Crippen molar-refractivity contribution >= 4 is 38.1 Å². The number of H-pyrrole nitrogens is 1. The molecular formula is C22H21F2N5OS. The van der Waals surface area contributed by atoms with Crippen LogP contribution in [0, 0.1) is 25.5 Å². The molecule has 6 nitrogen and oxygen atoms in total. The first-order chi connectivity index (χ1) is 14.9. The topological polar surface area (TPSA) is 65.1 Å². The molecule has 0 amide bonds. The number of pyridine rings is 1. The third-order valence-corrected chi connectivity index (χ3v) is 7.05. The Labute approximate surface area is 181 Å². The Hall–Kier alpha value is -2.91. The number of nitrogens with zero attached hydrogens (tertiary/aromatic N) is 4. The predicted molar refractivity (Wildman–Crippen MR) is 119 cm³/mol. The minimum Gasteiger partial charge on any atom is -0.368 e. The molecule has 1 aliphatic rings. The highest BCUT2D eigenvalue weighted by Gasteiger charge is 2.22. The van der Waals surface area contributed by atoms with E-state index in [1.165, 1.54) is 6.20 Å². The summed E-state index contributed by atoms with van der Waals surface area (Å²) in [4.78, 5) is 30.2. The lowest BCUT2D eigenvalue weighted by atomic mass is 10.1. The van der Waals surface area contributed by atoms with Gasteiger partial charge in [-0.15, -0.1) is 11.3 Å². The molecule has 3 aromatic heterocycles. The first-order valence-corrected chi connectivity index (χ1v) is 10.9. The summed E-state index contributed by atoms with van der Waals surface area (Å²) in [5, 5.41) is 0.894. The van der Waals surface area contributed by atoms with E-state index in [9.17, 15) is 13.6 Å². The second-order valence-corrected chi connectivity index (χ2v) is 9.03. The maximum Gasteiger partial charge on any atom is 0.259 e. The number of halogens is 2. The van der Waals surface area contributed by atoms with E-state index in [2.05, 4.69) is 19.9 Å². The van der Waals surface area contributed by atoms with Crippen LogP contribution < -0.4 is 10.5 Å². The summed E-state index contributed by atoms with van der Waals surface area (Å²) in [5.74, 6) is -0.352. The second-order valence-electron chi connectivity index (χ2n) is 7.82. The number of rotatable bonds is 3. The van der Waals surface area contributed by atoms with Crippen molar-refractivity contribution in [2.24, 2.45) is 0 Å². The van der Waals surface area contributed by atoms with Crippen molar-refractivity contribution in [2.45, 2.75) is 20.4 Å². The molecule has 4 aromatic rings. The SMILES string of the molecule is Cc1sc2nc(CN3CCN(c4ccnc5c(F)ccc(F)c45)CC3)[nH]c(=O)c2c1C. The quantitative estimate of drug-likeness (QED) is 0.525. The van der Waals surface area contributed by atoms with Gasteiger partial charge in [-0.25, -0.2) is 13.8 Å². The molecule has 1 aromatic carbocycles. The fourth-order valence-corrected chi connectivity index (χ4v) is 5.22. The Morgan fingerprint density at radius 3 is 2.58 bits per heavy atom. The summed E-state index contributed by atoms with van der Waals surface area (Å²) < 4.78 is 28.6. The predicted octanol–water partition coefficient (Wildman–Crippen LogP) is 3.75. The fourth-order valence-electron chi connectivity index (χ4n) is 4.17. The Bertz CT molecular complexity index is 1360. The van der Waals surface area contributed by atoms with Gasteiger partial charge in [0.15, 0.2) is 0 Å². The Kier molecular flexibility index (Phi) is 4.94. The van der Waals surface area contributed by atoms with E-state index in [1.807, 2.05) is 18.7 Å². The van der Waals surface area contributed by atoms with Crippen LogP contribution in [0.4, 0.5) is 14.5 Å². The molecule has 160 valence electrons. The minimum absolute atomic E-state index is 0.0524. The number of fused-ring (bicyclic) bond motifs is 2. The Balaban J connectivity index is 1.35. The van der Waals surface area contributed by atoms with Gasteiger partial charge in [-0.3, -0.25) is 14.7 Å². The summed E-state index contributed by atoms with van der Waals surface area (Å²) in [5.41, 5.74) is 1.60. The Morgan fingerprint density at radius 1 is 1.06 bits per heavy atom. The van der Waals surface area contributed by atoms with Crippen molar-refractivity contribution in [3.8, 4) is 0 Å². The second kappa shape index (κ2) is 7.65. The van der Waals surface area contributed by atoms with E-state index >= 15 is 0 Å². The number of aromatic amines is 1. The number of nitrogens with one attached hydrogen (secondary N) is 1. The molecule has 5 rings (SSSR count). The van der Waals surface area contributed by atoms with Crippen LogP contribution in [0.2, 0.25) is 0 Å². The zero-order valence-corrected chi connectivity index (χ0v) is 18.0. The molecule has 9 heteroatoms. The summed E-state index contributed by atoms with van der Waals surface area (Å²) in [6.45, 7) is 7.21. The monoisotopic (exact) mass is 441 g/mol. The number of hydrogen-bond acceptors (Lipinski definition) is 6. The van der Waals surface area contributed by atoms with Crippen molar-refractivity contribution in [1.29, 1.82) is 0 Å². The standard InChI is InChI=1S/C22H21F2N5OS/c1-12-13(2)31-22-18(12)21(30)26-17(27-22)11-28-7-9-29(10-8-28)16-5-6-25-20-15(24)4-3-14(23)19(16)20/h3-6H,7-11H2,1-2H3,(H,26,27,30). The summed E-state index contributed by atoms with van der Waals surface area (Å²) >= 11 is 1.54. The number of benzene rings is 1. The van der Waals surface area contributed by atoms with Gasteiger partial charge in [-0.2, -0.15) is 0 Å². The average molecular weight is 442 g/mol. The number of aryl methyl sites for hydroxylation is 2. The third kappa shape index (κ3) is 3.47. The average Bonchev–Trinajstić information content (AvgIpc) is 3.05. The molecular weight excluding hydrogens is 420 g/mol. The van der Waals surface area contributed by atoms with Gasteiger partial charge in [0, 0.05) is 37.3 Å². The van der Waals surface area contributed by atoms with Gasteiger partial charge in [0.2, 0.25) is 0 Å². The van der Waals surface area contributed by atoms with Crippen LogP contribution in [0.1, 0.15) is 16.3 Å². The van der Waals surface area contributed by atoms with Crippen LogP contribution >= 0.6 is 11.3 Å². The molecule has 1 saturated heterocycles. The maximum atomic E-state index is 14.5. The molecule has 1 N–H and O–H groups in total. The highest BCUT2D eigenvalue weighted by Crippen LogP contribution is 2.30. The zero-order chi connectivity index (χ0) is 21.7. The van der Waals surface area contributed by atoms with Gasteiger partial charge < -0.3 is 9.88 Å². The number of aromatic nitrogens is 3. The first-order valence-electron chi connectivity index (χ1n) is 10.1. The zero-order valence-electron chi connectivity index (χ0n) is 17.2. The van der Waals surface area contributed by atoms with Crippen LogP contribution in [0.3, 0.4) is 0 Å². The van der Waals surface area contributed by atoms with Crippen LogP contribution in [-0.2, 0) is 6.54 Å². The van der Waals surface area contributed by atoms with Crippen molar-refractivity contribution < 1.29 is 8.78 Å². The maximum absolute atomic E-state index is 14.5. The van der Waals surface area contributed by atoms with Crippen LogP contribution in [0.15, 0.2) is 29.2 Å². The lowest BCUT2D eigenvalue weighted by molar-refractivity contribution is 0.244. The van der Waals surface area contributed by atoms with E-state index in [1.54, 1.807) is 17.4 Å². The number of anilines is 1. The van der Waals surface area contributed by atoms with Crippen molar-refractivity contribution in [3.05, 3.63) is 62.6 Å². The molecule has 31 heavy (non-hydrogen) atoms. The first kappa shape index (κ1) is 20.0. The summed E-state index contributed by atoms with van der Waals surface area (Å²) in [6, 6.07) is 3.98. The van der Waals surface area contributed by atoms with Gasteiger partial charge in [-0.1, -0.05) is 0 Å². The molecule has 0 aliphatic carbocycles. The highest BCUT2D eigenvalue weighted by molar-refractivity contribution is 7.18. The van der Waals surface area contributed by atoms with Gasteiger partial charge >= 0.3 is 0 Å². The van der Waals surface area contributed by atoms with Crippen molar-refractivity contribution in [2.75, 3.05) is 31.1 Å². The van der Waals surface area contributed by atoms with E-state index in [0.717, 1.165) is 27.4 Å². The minimum atomic E-state index is -0.527. The molecule has 0 spiro atoms. The highest BCUT2D eigenvalue weighted by atomic mass is 32.1. The summed E-state index contributed by atoms with van der Waals surface area (Å²) in [6.07, 6.45) is 1.52. The molecule has 4 heterocycles. The lowest BCUT2D eigenvalue weighted by Gasteiger charge is -2.36.